The van der Waals surface area contributed by atoms with Crippen molar-refractivity contribution < 1.29 is 13.9 Å². The maximum atomic E-state index is 13.2. The van der Waals surface area contributed by atoms with Gasteiger partial charge in [-0.2, -0.15) is 0 Å². The molecule has 1 rings (SSSR count). The molecule has 0 spiro atoms. The Hall–Kier alpha value is -1.07. The Morgan fingerprint density at radius 2 is 2.38 bits per heavy atom. The second-order valence-corrected chi connectivity index (χ2v) is 3.55. The predicted molar refractivity (Wildman–Crippen MR) is 62.1 cm³/mol. The molecule has 1 aromatic rings. The fraction of sp³-hybridized carbons (Fsp3) is 0.300. The normalized spacial score (nSPS) is 9.94. The molecular formula is C10H11BClFNO2. The highest BCUT2D eigenvalue weighted by atomic mass is 35.5. The molecule has 0 aromatic heterocycles. The van der Waals surface area contributed by atoms with E-state index >= 15 is 0 Å². The summed E-state index contributed by atoms with van der Waals surface area (Å²) in [5.41, 5.74) is 0.420. The fourth-order valence-electron chi connectivity index (χ4n) is 1.12. The quantitative estimate of drug-likeness (QED) is 0.467. The Morgan fingerprint density at radius 3 is 3.06 bits per heavy atom. The third kappa shape index (κ3) is 3.83. The molecule has 0 unspecified atom stereocenters. The molecule has 0 fully saturated rings. The SMILES string of the molecule is Cc1c(F)cc(Cl)cc1OCCN[B]C=O. The maximum Gasteiger partial charge on any atom is 0.290 e. The third-order valence-electron chi connectivity index (χ3n) is 1.95. The lowest BCUT2D eigenvalue weighted by Crippen LogP contribution is -2.25. The van der Waals surface area contributed by atoms with Crippen molar-refractivity contribution >= 4 is 25.2 Å². The molecule has 0 aliphatic rings. The number of benzene rings is 1. The first-order valence-electron chi connectivity index (χ1n) is 4.74. The van der Waals surface area contributed by atoms with Gasteiger partial charge in [-0.05, 0) is 19.1 Å². The van der Waals surface area contributed by atoms with Crippen LogP contribution in [0.25, 0.3) is 0 Å². The highest BCUT2D eigenvalue weighted by Gasteiger charge is 2.07. The van der Waals surface area contributed by atoms with Crippen molar-refractivity contribution in [1.29, 1.82) is 0 Å². The average molecular weight is 242 g/mol. The molecule has 0 bridgehead atoms. The molecule has 0 atom stereocenters. The van der Waals surface area contributed by atoms with Crippen molar-refractivity contribution in [3.05, 3.63) is 28.5 Å². The Kier molecular flexibility index (Phi) is 5.28. The van der Waals surface area contributed by atoms with E-state index in [9.17, 15) is 9.18 Å². The van der Waals surface area contributed by atoms with Gasteiger partial charge in [0, 0.05) is 17.1 Å². The van der Waals surface area contributed by atoms with Gasteiger partial charge < -0.3 is 14.8 Å². The number of rotatable bonds is 6. The number of carbonyl (C=O) groups excluding carboxylic acids is 1. The van der Waals surface area contributed by atoms with Gasteiger partial charge in [0.25, 0.3) is 7.41 Å². The third-order valence-corrected chi connectivity index (χ3v) is 2.17. The number of hydrogen-bond acceptors (Lipinski definition) is 3. The molecule has 1 aromatic carbocycles. The molecule has 0 saturated heterocycles. The summed E-state index contributed by atoms with van der Waals surface area (Å²) in [6.45, 7) is 2.41. The standard InChI is InChI=1S/C10H11BClFNO2/c1-7-9(13)4-8(12)5-10(7)16-3-2-14-11-6-15/h4-6,14H,2-3H2,1H3. The van der Waals surface area contributed by atoms with Crippen LogP contribution in [0.1, 0.15) is 5.56 Å². The number of nitrogens with one attached hydrogen (secondary N) is 1. The van der Waals surface area contributed by atoms with E-state index in [0.717, 1.165) is 0 Å². The molecule has 0 aliphatic carbocycles. The molecule has 1 N–H and O–H groups in total. The molecule has 16 heavy (non-hydrogen) atoms. The van der Waals surface area contributed by atoms with Crippen LogP contribution in [0.15, 0.2) is 12.1 Å². The average Bonchev–Trinajstić information content (AvgIpc) is 2.24. The molecular weight excluding hydrogens is 231 g/mol. The zero-order valence-corrected chi connectivity index (χ0v) is 9.55. The molecule has 3 nitrogen and oxygen atoms in total. The van der Waals surface area contributed by atoms with Gasteiger partial charge in [-0.3, -0.25) is 0 Å². The van der Waals surface area contributed by atoms with E-state index < -0.39 is 5.82 Å². The molecule has 1 radical (unpaired) electrons. The molecule has 0 amide bonds. The first-order valence-corrected chi connectivity index (χ1v) is 5.11. The largest absolute Gasteiger partial charge is 0.492 e. The fourth-order valence-corrected chi connectivity index (χ4v) is 1.32. The van der Waals surface area contributed by atoms with Gasteiger partial charge in [-0.1, -0.05) is 11.6 Å². The highest BCUT2D eigenvalue weighted by Crippen LogP contribution is 2.25. The van der Waals surface area contributed by atoms with E-state index in [-0.39, 0.29) is 0 Å². The summed E-state index contributed by atoms with van der Waals surface area (Å²) in [6, 6.07) is 2.80. The lowest BCUT2D eigenvalue weighted by Gasteiger charge is -2.10. The monoisotopic (exact) mass is 242 g/mol. The van der Waals surface area contributed by atoms with Crippen molar-refractivity contribution in [3.63, 3.8) is 0 Å². The van der Waals surface area contributed by atoms with Crippen molar-refractivity contribution in [1.82, 2.24) is 5.23 Å². The number of carbonyl (C=O) groups is 1. The van der Waals surface area contributed by atoms with Crippen LogP contribution >= 0.6 is 11.6 Å². The van der Waals surface area contributed by atoms with Crippen LogP contribution in [-0.2, 0) is 4.79 Å². The Morgan fingerprint density at radius 1 is 1.62 bits per heavy atom. The van der Waals surface area contributed by atoms with E-state index in [2.05, 4.69) is 5.23 Å². The van der Waals surface area contributed by atoms with E-state index in [0.29, 0.717) is 35.7 Å². The predicted octanol–water partition coefficient (Wildman–Crippen LogP) is 1.57. The zero-order valence-electron chi connectivity index (χ0n) is 8.80. The second-order valence-electron chi connectivity index (χ2n) is 3.12. The molecule has 85 valence electrons. The van der Waals surface area contributed by atoms with Gasteiger partial charge in [-0.15, -0.1) is 0 Å². The lowest BCUT2D eigenvalue weighted by atomic mass is 9.99. The Bertz CT molecular complexity index is 376. The van der Waals surface area contributed by atoms with Crippen LogP contribution in [0, 0.1) is 12.7 Å². The summed E-state index contributed by atoms with van der Waals surface area (Å²) in [5.74, 6) is 0.0211. The van der Waals surface area contributed by atoms with E-state index in [1.807, 2.05) is 0 Å². The first kappa shape index (κ1) is 13.0. The van der Waals surface area contributed by atoms with Gasteiger partial charge in [0.15, 0.2) is 0 Å². The number of ether oxygens (including phenoxy) is 1. The lowest BCUT2D eigenvalue weighted by molar-refractivity contribution is 0.319. The van der Waals surface area contributed by atoms with Crippen LogP contribution in [-0.4, -0.2) is 26.8 Å². The van der Waals surface area contributed by atoms with E-state index in [1.54, 1.807) is 13.0 Å². The first-order chi connectivity index (χ1) is 7.65. The van der Waals surface area contributed by atoms with Crippen LogP contribution in [0.5, 0.6) is 5.75 Å². The number of hydrogen-bond donors (Lipinski definition) is 1. The summed E-state index contributed by atoms with van der Waals surface area (Å²) in [4.78, 5) is 9.96. The van der Waals surface area contributed by atoms with Gasteiger partial charge in [0.2, 0.25) is 0 Å². The molecule has 0 aliphatic heterocycles. The molecule has 0 heterocycles. The van der Waals surface area contributed by atoms with Crippen LogP contribution < -0.4 is 9.96 Å². The summed E-state index contributed by atoms with van der Waals surface area (Å²) in [7, 11) is 1.27. The van der Waals surface area contributed by atoms with Crippen molar-refractivity contribution in [2.75, 3.05) is 13.2 Å². The highest BCUT2D eigenvalue weighted by molar-refractivity contribution is 6.64. The smallest absolute Gasteiger partial charge is 0.290 e. The van der Waals surface area contributed by atoms with E-state index in [1.165, 1.54) is 13.5 Å². The van der Waals surface area contributed by atoms with Gasteiger partial charge >= 0.3 is 0 Å². The van der Waals surface area contributed by atoms with Gasteiger partial charge in [0.05, 0.1) is 12.8 Å². The maximum absolute atomic E-state index is 13.2. The van der Waals surface area contributed by atoms with Crippen molar-refractivity contribution in [2.45, 2.75) is 6.92 Å². The summed E-state index contributed by atoms with van der Waals surface area (Å²) >= 11 is 5.70. The molecule has 0 saturated carbocycles. The van der Waals surface area contributed by atoms with Crippen LogP contribution in [0.4, 0.5) is 4.39 Å². The van der Waals surface area contributed by atoms with Crippen LogP contribution in [0.2, 0.25) is 5.02 Å². The van der Waals surface area contributed by atoms with Gasteiger partial charge in [-0.25, -0.2) is 4.39 Å². The summed E-state index contributed by atoms with van der Waals surface area (Å²) in [6.07, 6.45) is 0.643. The summed E-state index contributed by atoms with van der Waals surface area (Å²) in [5, 5.41) is 3.01. The van der Waals surface area contributed by atoms with Crippen molar-refractivity contribution in [2.24, 2.45) is 0 Å². The topological polar surface area (TPSA) is 38.3 Å². The number of halogens is 2. The Balaban J connectivity index is 2.50. The van der Waals surface area contributed by atoms with Crippen molar-refractivity contribution in [3.8, 4) is 5.75 Å². The van der Waals surface area contributed by atoms with Crippen LogP contribution in [0.3, 0.4) is 0 Å². The van der Waals surface area contributed by atoms with E-state index in [4.69, 9.17) is 16.3 Å². The van der Waals surface area contributed by atoms with Gasteiger partial charge in [0.1, 0.15) is 11.6 Å². The Labute approximate surface area is 99.2 Å². The summed E-state index contributed by atoms with van der Waals surface area (Å²) < 4.78 is 18.6. The zero-order chi connectivity index (χ0) is 12.0. The minimum Gasteiger partial charge on any atom is -0.492 e. The minimum atomic E-state index is -0.394. The molecule has 6 heteroatoms. The second kappa shape index (κ2) is 6.50. The minimum absolute atomic E-state index is 0.297.